The molecule has 2 heterocycles. The van der Waals surface area contributed by atoms with Crippen molar-refractivity contribution in [3.05, 3.63) is 131 Å². The van der Waals surface area contributed by atoms with E-state index in [9.17, 15) is 0 Å². The van der Waals surface area contributed by atoms with E-state index >= 15 is 0 Å². The second-order valence-electron chi connectivity index (χ2n) is 11.4. The third-order valence-corrected chi connectivity index (χ3v) is 8.49. The second-order valence-corrected chi connectivity index (χ2v) is 11.4. The molecule has 2 nitrogen and oxygen atoms in total. The van der Waals surface area contributed by atoms with Crippen LogP contribution < -0.4 is 0 Å². The van der Waals surface area contributed by atoms with Crippen molar-refractivity contribution in [1.29, 1.82) is 0 Å². The van der Waals surface area contributed by atoms with Crippen LogP contribution in [0.3, 0.4) is 0 Å². The minimum atomic E-state index is -0.480. The molecule has 37 heavy (non-hydrogen) atoms. The first kappa shape index (κ1) is 20.8. The van der Waals surface area contributed by atoms with Gasteiger partial charge >= 0.3 is 0 Å². The van der Waals surface area contributed by atoms with Crippen molar-refractivity contribution in [3.8, 4) is 22.4 Å². The van der Waals surface area contributed by atoms with Crippen molar-refractivity contribution < 1.29 is 0 Å². The molecule has 0 unspecified atom stereocenters. The van der Waals surface area contributed by atoms with E-state index < -0.39 is 5.41 Å². The van der Waals surface area contributed by atoms with Gasteiger partial charge in [0, 0.05) is 34.3 Å². The third kappa shape index (κ3) is 2.50. The highest BCUT2D eigenvalue weighted by atomic mass is 14.7. The van der Waals surface area contributed by atoms with Crippen LogP contribution in [0.5, 0.6) is 0 Å². The zero-order valence-corrected chi connectivity index (χ0v) is 21.2. The molecule has 1 spiro atoms. The Morgan fingerprint density at radius 1 is 0.595 bits per heavy atom. The molecule has 2 aliphatic rings. The lowest BCUT2D eigenvalue weighted by molar-refractivity contribution is 0.588. The number of fused-ring (bicyclic) bond motifs is 11. The summed E-state index contributed by atoms with van der Waals surface area (Å²) in [6, 6.07) is 33.6. The minimum absolute atomic E-state index is 0.00420. The summed E-state index contributed by atoms with van der Waals surface area (Å²) in [5.41, 5.74) is 12.0. The lowest BCUT2D eigenvalue weighted by Gasteiger charge is -2.40. The minimum Gasteiger partial charge on any atom is -0.256 e. The maximum Gasteiger partial charge on any atom is 0.0787 e. The van der Waals surface area contributed by atoms with Gasteiger partial charge in [-0.25, -0.2) is 0 Å². The average Bonchev–Trinajstić information content (AvgIpc) is 3.21. The Labute approximate surface area is 216 Å². The molecule has 176 valence electrons. The monoisotopic (exact) mass is 474 g/mol. The molecule has 0 atom stereocenters. The van der Waals surface area contributed by atoms with Crippen molar-refractivity contribution in [2.24, 2.45) is 0 Å². The van der Waals surface area contributed by atoms with E-state index in [0.717, 1.165) is 16.6 Å². The summed E-state index contributed by atoms with van der Waals surface area (Å²) in [6.45, 7) is 6.92. The summed E-state index contributed by atoms with van der Waals surface area (Å²) in [7, 11) is 0. The summed E-state index contributed by atoms with van der Waals surface area (Å²) in [6.07, 6.45) is 3.90. The van der Waals surface area contributed by atoms with Crippen LogP contribution in [0.25, 0.3) is 44.1 Å². The van der Waals surface area contributed by atoms with E-state index in [0.29, 0.717) is 0 Å². The fourth-order valence-corrected chi connectivity index (χ4v) is 6.90. The molecule has 0 radical (unpaired) electrons. The molecular formula is C35H26N2. The van der Waals surface area contributed by atoms with Gasteiger partial charge in [-0.2, -0.15) is 0 Å². The highest BCUT2D eigenvalue weighted by Crippen LogP contribution is 2.62. The smallest absolute Gasteiger partial charge is 0.0787 e. The average molecular weight is 475 g/mol. The van der Waals surface area contributed by atoms with Crippen LogP contribution in [0.4, 0.5) is 0 Å². The molecule has 0 fully saturated rings. The summed E-state index contributed by atoms with van der Waals surface area (Å²) < 4.78 is 0. The SMILES string of the molecule is CC(C)(C)c1cc2c3c(nccc3c1)-c1ccc3cccnc3c1C21c2ccccc2-c2ccccc21. The van der Waals surface area contributed by atoms with E-state index in [2.05, 4.69) is 106 Å². The largest absolute Gasteiger partial charge is 0.256 e. The Hall–Kier alpha value is -4.30. The van der Waals surface area contributed by atoms with E-state index in [1.165, 1.54) is 55.3 Å². The molecular weight excluding hydrogens is 448 g/mol. The molecule has 2 aromatic heterocycles. The van der Waals surface area contributed by atoms with Gasteiger partial charge in [-0.15, -0.1) is 0 Å². The number of rotatable bonds is 0. The van der Waals surface area contributed by atoms with Gasteiger partial charge < -0.3 is 0 Å². The molecule has 2 aliphatic carbocycles. The van der Waals surface area contributed by atoms with E-state index in [1.807, 2.05) is 18.5 Å². The van der Waals surface area contributed by atoms with Gasteiger partial charge in [0.05, 0.1) is 16.6 Å². The Morgan fingerprint density at radius 2 is 1.32 bits per heavy atom. The molecule has 8 rings (SSSR count). The van der Waals surface area contributed by atoms with Crippen molar-refractivity contribution in [2.75, 3.05) is 0 Å². The highest BCUT2D eigenvalue weighted by molar-refractivity contribution is 6.09. The molecule has 0 saturated heterocycles. The summed E-state index contributed by atoms with van der Waals surface area (Å²) in [4.78, 5) is 10.1. The summed E-state index contributed by atoms with van der Waals surface area (Å²) in [5, 5.41) is 3.66. The summed E-state index contributed by atoms with van der Waals surface area (Å²) >= 11 is 0. The predicted molar refractivity (Wildman–Crippen MR) is 152 cm³/mol. The van der Waals surface area contributed by atoms with Gasteiger partial charge in [0.15, 0.2) is 0 Å². The van der Waals surface area contributed by atoms with E-state index in [1.54, 1.807) is 0 Å². The van der Waals surface area contributed by atoms with Crippen LogP contribution in [0.15, 0.2) is 103 Å². The Balaban J connectivity index is 1.71. The standard InChI is InChI=1S/C35H26N2/c1-34(2,3)23-19-22-16-18-37-33-26-15-14-21-9-8-17-36-32(21)31(26)35(29(20-23)30(22)33)27-12-6-4-10-24(27)25-11-5-7-13-28(25)35/h4-20H,1-3H3. The number of aromatic nitrogens is 2. The molecule has 0 bridgehead atoms. The van der Waals surface area contributed by atoms with Crippen molar-refractivity contribution in [1.82, 2.24) is 9.97 Å². The number of pyridine rings is 2. The van der Waals surface area contributed by atoms with E-state index in [4.69, 9.17) is 9.97 Å². The first-order valence-corrected chi connectivity index (χ1v) is 13.0. The fraction of sp³-hybridized carbons (Fsp3) is 0.143. The first-order valence-electron chi connectivity index (χ1n) is 13.0. The maximum absolute atomic E-state index is 5.04. The van der Waals surface area contributed by atoms with E-state index in [-0.39, 0.29) is 5.41 Å². The first-order chi connectivity index (χ1) is 18.0. The zero-order valence-electron chi connectivity index (χ0n) is 21.2. The lowest BCUT2D eigenvalue weighted by atomic mass is 9.61. The molecule has 0 amide bonds. The second kappa shape index (κ2) is 6.92. The lowest BCUT2D eigenvalue weighted by Crippen LogP contribution is -2.33. The Morgan fingerprint density at radius 3 is 2.05 bits per heavy atom. The van der Waals surface area contributed by atoms with Crippen LogP contribution in [-0.4, -0.2) is 9.97 Å². The molecule has 0 aliphatic heterocycles. The van der Waals surface area contributed by atoms with Crippen molar-refractivity contribution >= 4 is 21.7 Å². The van der Waals surface area contributed by atoms with Crippen LogP contribution in [0.2, 0.25) is 0 Å². The number of nitrogens with zero attached hydrogens (tertiary/aromatic N) is 2. The molecule has 6 aromatic rings. The van der Waals surface area contributed by atoms with Crippen molar-refractivity contribution in [3.63, 3.8) is 0 Å². The number of benzene rings is 4. The zero-order chi connectivity index (χ0) is 24.9. The quantitative estimate of drug-likeness (QED) is 0.220. The number of hydrogen-bond donors (Lipinski definition) is 0. The van der Waals surface area contributed by atoms with Crippen LogP contribution in [-0.2, 0) is 10.8 Å². The number of hydrogen-bond acceptors (Lipinski definition) is 2. The van der Waals surface area contributed by atoms with Gasteiger partial charge in [0.25, 0.3) is 0 Å². The molecule has 0 N–H and O–H groups in total. The predicted octanol–water partition coefficient (Wildman–Crippen LogP) is 8.42. The van der Waals surface area contributed by atoms with Gasteiger partial charge in [0.2, 0.25) is 0 Å². The fourth-order valence-electron chi connectivity index (χ4n) is 6.90. The Bertz CT molecular complexity index is 1880. The van der Waals surface area contributed by atoms with Crippen molar-refractivity contribution in [2.45, 2.75) is 31.6 Å². The maximum atomic E-state index is 5.04. The van der Waals surface area contributed by atoms with Gasteiger partial charge in [-0.05, 0) is 56.3 Å². The van der Waals surface area contributed by atoms with Gasteiger partial charge in [0.1, 0.15) is 0 Å². The molecule has 4 aromatic carbocycles. The summed E-state index contributed by atoms with van der Waals surface area (Å²) in [5.74, 6) is 0. The topological polar surface area (TPSA) is 25.8 Å². The van der Waals surface area contributed by atoms with Gasteiger partial charge in [-0.1, -0.05) is 99.6 Å². The molecule has 2 heteroatoms. The third-order valence-electron chi connectivity index (χ3n) is 8.49. The highest BCUT2D eigenvalue weighted by Gasteiger charge is 2.51. The van der Waals surface area contributed by atoms with Gasteiger partial charge in [-0.3, -0.25) is 9.97 Å². The van der Waals surface area contributed by atoms with Crippen LogP contribution in [0.1, 0.15) is 48.6 Å². The Kier molecular flexibility index (Phi) is 3.90. The van der Waals surface area contributed by atoms with Crippen LogP contribution >= 0.6 is 0 Å². The molecule has 0 saturated carbocycles. The normalized spacial score (nSPS) is 14.6. The van der Waals surface area contributed by atoms with Crippen LogP contribution in [0, 0.1) is 0 Å².